The maximum Gasteiger partial charge on any atom is 0.335 e. The van der Waals surface area contributed by atoms with Gasteiger partial charge < -0.3 is 30.9 Å². The number of nitrogens with two attached hydrogens (primary N) is 1. The molecule has 0 fully saturated rings. The molecule has 1 rings (SSSR count). The molecular weight excluding hydrogens is 410 g/mol. The number of ether oxygens (including phenoxy) is 1. The first-order valence-electron chi connectivity index (χ1n) is 8.66. The van der Waals surface area contributed by atoms with Crippen molar-refractivity contribution < 1.29 is 44.3 Å². The first kappa shape index (κ1) is 27.4. The van der Waals surface area contributed by atoms with E-state index in [-0.39, 0.29) is 5.56 Å². The average Bonchev–Trinajstić information content (AvgIpc) is 2.78. The number of nitrogen functional groups attached to an aromatic ring is 1. The summed E-state index contributed by atoms with van der Waals surface area (Å²) in [5.74, 6) is -4.31. The van der Waals surface area contributed by atoms with E-state index in [4.69, 9.17) is 15.6 Å². The molecule has 0 saturated carbocycles. The second kappa shape index (κ2) is 12.2. The number of carbonyl (C=O) groups is 4. The molecule has 1 aromatic rings. The van der Waals surface area contributed by atoms with Crippen molar-refractivity contribution in [2.45, 2.75) is 5.60 Å². The second-order valence-corrected chi connectivity index (χ2v) is 6.12. The number of hydrogen-bond donors (Lipinski definition) is 5. The van der Waals surface area contributed by atoms with Crippen molar-refractivity contribution in [3.8, 4) is 0 Å². The Labute approximate surface area is 178 Å². The van der Waals surface area contributed by atoms with E-state index in [1.165, 1.54) is 12.1 Å². The first-order valence-corrected chi connectivity index (χ1v) is 8.66. The van der Waals surface area contributed by atoms with Crippen LogP contribution in [0.2, 0.25) is 0 Å². The van der Waals surface area contributed by atoms with Crippen molar-refractivity contribution in [3.63, 3.8) is 0 Å². The van der Waals surface area contributed by atoms with Crippen LogP contribution in [0.3, 0.4) is 0 Å². The van der Waals surface area contributed by atoms with E-state index in [0.717, 1.165) is 0 Å². The molecule has 0 aromatic heterocycles. The van der Waals surface area contributed by atoms with Crippen LogP contribution in [0, 0.1) is 5.41 Å². The second-order valence-electron chi connectivity index (χ2n) is 6.12. The minimum atomic E-state index is -2.68. The van der Waals surface area contributed by atoms with Crippen LogP contribution in [-0.2, 0) is 19.1 Å². The molecule has 0 saturated heterocycles. The van der Waals surface area contributed by atoms with Crippen LogP contribution < -0.4 is 5.73 Å². The van der Waals surface area contributed by atoms with Gasteiger partial charge in [0.1, 0.15) is 0 Å². The van der Waals surface area contributed by atoms with E-state index in [1.54, 1.807) is 12.1 Å². The minimum Gasteiger partial charge on any atom is -0.478 e. The number of hydrogen-bond acceptors (Lipinski definition) is 9. The number of anilines is 1. The highest BCUT2D eigenvalue weighted by Crippen LogP contribution is 2.37. The number of aliphatic hydroxyl groups excluding tert-OH is 3. The van der Waals surface area contributed by atoms with Gasteiger partial charge in [-0.3, -0.25) is 9.59 Å². The molecule has 10 heteroatoms. The summed E-state index contributed by atoms with van der Waals surface area (Å²) in [5.41, 5.74) is 1.34. The van der Waals surface area contributed by atoms with Gasteiger partial charge in [0.25, 0.3) is 0 Å². The molecule has 168 valence electrons. The lowest BCUT2D eigenvalue weighted by atomic mass is 9.68. The molecular formula is C21H25NO9. The zero-order valence-electron chi connectivity index (χ0n) is 16.7. The van der Waals surface area contributed by atoms with Gasteiger partial charge in [-0.15, -0.1) is 0 Å². The maximum atomic E-state index is 12.2. The molecule has 1 aromatic carbocycles. The third-order valence-electron chi connectivity index (χ3n) is 4.30. The first-order chi connectivity index (χ1) is 14.5. The van der Waals surface area contributed by atoms with Gasteiger partial charge in [-0.1, -0.05) is 19.7 Å². The van der Waals surface area contributed by atoms with Crippen molar-refractivity contribution in [2.75, 3.05) is 25.6 Å². The molecule has 0 aliphatic heterocycles. The number of carboxylic acid groups (broad SMARTS) is 1. The predicted octanol–water partition coefficient (Wildman–Crippen LogP) is -0.105. The summed E-state index contributed by atoms with van der Waals surface area (Å²) in [5, 5.41) is 36.9. The van der Waals surface area contributed by atoms with Crippen LogP contribution in [0.1, 0.15) is 10.4 Å². The summed E-state index contributed by atoms with van der Waals surface area (Å²) in [6.45, 7) is 6.50. The molecule has 0 atom stereocenters. The van der Waals surface area contributed by atoms with Crippen molar-refractivity contribution in [1.29, 1.82) is 0 Å². The zero-order chi connectivity index (χ0) is 24.2. The fraction of sp³-hybridized carbons (Fsp3) is 0.238. The molecule has 0 heterocycles. The SMILES string of the molecule is C=CC(=O)OC(C(=O)C=C)(C(=O)C=C)C(CO)(CO)CO.Nc1ccc(C(=O)O)cc1. The van der Waals surface area contributed by atoms with E-state index in [2.05, 4.69) is 19.7 Å². The number of carboxylic acids is 1. The third-order valence-corrected chi connectivity index (χ3v) is 4.30. The minimum absolute atomic E-state index is 0.259. The summed E-state index contributed by atoms with van der Waals surface area (Å²) >= 11 is 0. The summed E-state index contributed by atoms with van der Waals surface area (Å²) in [6, 6.07) is 6.06. The van der Waals surface area contributed by atoms with E-state index in [0.29, 0.717) is 23.9 Å². The Balaban J connectivity index is 0.000000743. The van der Waals surface area contributed by atoms with Gasteiger partial charge in [-0.25, -0.2) is 9.59 Å². The molecule has 0 aliphatic rings. The number of ketones is 2. The van der Waals surface area contributed by atoms with Crippen LogP contribution in [0.15, 0.2) is 62.2 Å². The number of aromatic carboxylic acids is 1. The highest BCUT2D eigenvalue weighted by Gasteiger charge is 2.62. The van der Waals surface area contributed by atoms with Crippen LogP contribution in [0.5, 0.6) is 0 Å². The lowest BCUT2D eigenvalue weighted by Crippen LogP contribution is -2.66. The lowest BCUT2D eigenvalue weighted by molar-refractivity contribution is -0.195. The summed E-state index contributed by atoms with van der Waals surface area (Å²) in [7, 11) is 0. The van der Waals surface area contributed by atoms with Gasteiger partial charge in [0.2, 0.25) is 17.2 Å². The van der Waals surface area contributed by atoms with Crippen molar-refractivity contribution >= 4 is 29.2 Å². The van der Waals surface area contributed by atoms with E-state index >= 15 is 0 Å². The van der Waals surface area contributed by atoms with E-state index < -0.39 is 54.3 Å². The Bertz CT molecular complexity index is 811. The number of benzene rings is 1. The summed E-state index contributed by atoms with van der Waals surface area (Å²) in [4.78, 5) is 46.1. The molecule has 6 N–H and O–H groups in total. The van der Waals surface area contributed by atoms with Gasteiger partial charge in [-0.2, -0.15) is 0 Å². The molecule has 0 aliphatic carbocycles. The number of carbonyl (C=O) groups excluding carboxylic acids is 3. The molecule has 0 unspecified atom stereocenters. The fourth-order valence-electron chi connectivity index (χ4n) is 2.44. The van der Waals surface area contributed by atoms with Gasteiger partial charge in [-0.05, 0) is 36.4 Å². The van der Waals surface area contributed by atoms with Crippen LogP contribution in [0.4, 0.5) is 5.69 Å². The molecule has 31 heavy (non-hydrogen) atoms. The molecule has 0 spiro atoms. The molecule has 0 bridgehead atoms. The van der Waals surface area contributed by atoms with Crippen LogP contribution in [0.25, 0.3) is 0 Å². The van der Waals surface area contributed by atoms with Crippen molar-refractivity contribution in [2.24, 2.45) is 5.41 Å². The van der Waals surface area contributed by atoms with Crippen molar-refractivity contribution in [1.82, 2.24) is 0 Å². The highest BCUT2D eigenvalue weighted by atomic mass is 16.6. The fourth-order valence-corrected chi connectivity index (χ4v) is 2.44. The van der Waals surface area contributed by atoms with Crippen molar-refractivity contribution in [3.05, 3.63) is 67.8 Å². The van der Waals surface area contributed by atoms with Crippen LogP contribution >= 0.6 is 0 Å². The Hall–Kier alpha value is -3.60. The Morgan fingerprint density at radius 1 is 0.871 bits per heavy atom. The van der Waals surface area contributed by atoms with E-state index in [1.807, 2.05) is 0 Å². The number of rotatable bonds is 11. The highest BCUT2D eigenvalue weighted by molar-refractivity contribution is 6.20. The third kappa shape index (κ3) is 5.95. The largest absolute Gasteiger partial charge is 0.478 e. The van der Waals surface area contributed by atoms with E-state index in [9.17, 15) is 34.5 Å². The van der Waals surface area contributed by atoms with Gasteiger partial charge in [0.05, 0.1) is 30.8 Å². The average molecular weight is 435 g/mol. The monoisotopic (exact) mass is 435 g/mol. The molecule has 0 radical (unpaired) electrons. The zero-order valence-corrected chi connectivity index (χ0v) is 16.7. The van der Waals surface area contributed by atoms with Gasteiger partial charge in [0.15, 0.2) is 0 Å². The quantitative estimate of drug-likeness (QED) is 0.136. The number of aliphatic hydroxyl groups is 3. The topological polar surface area (TPSA) is 184 Å². The smallest absolute Gasteiger partial charge is 0.335 e. The normalized spacial score (nSPS) is 10.7. The summed E-state index contributed by atoms with van der Waals surface area (Å²) < 4.78 is 4.85. The lowest BCUT2D eigenvalue weighted by Gasteiger charge is -2.43. The standard InChI is InChI=1S/C14H18O7.C7H7NO2/c1-4-10(18)14(11(19)5-2,21-12(20)6-3)13(7-15,8-16)9-17;8-6-3-1-5(2-4-6)7(9)10/h4-6,15-17H,1-3,7-9H2;1-4H,8H2,(H,9,10). The Morgan fingerprint density at radius 2 is 1.29 bits per heavy atom. The number of esters is 1. The van der Waals surface area contributed by atoms with Gasteiger partial charge >= 0.3 is 11.9 Å². The predicted molar refractivity (Wildman–Crippen MR) is 111 cm³/mol. The molecule has 0 amide bonds. The molecule has 10 nitrogen and oxygen atoms in total. The van der Waals surface area contributed by atoms with Gasteiger partial charge in [0, 0.05) is 11.8 Å². The Morgan fingerprint density at radius 3 is 1.58 bits per heavy atom. The maximum absolute atomic E-state index is 12.2. The summed E-state index contributed by atoms with van der Waals surface area (Å²) in [6.07, 6.45) is 2.07. The Kier molecular flexibility index (Phi) is 10.8. The van der Waals surface area contributed by atoms with Crippen LogP contribution in [-0.4, -0.2) is 69.4 Å².